The fourth-order valence-corrected chi connectivity index (χ4v) is 3.21. The maximum absolute atomic E-state index is 9.64. The molecule has 0 atom stereocenters. The number of hydrogen-bond donors (Lipinski definition) is 1. The minimum absolute atomic E-state index is 0.271. The van der Waals surface area contributed by atoms with E-state index < -0.39 is 0 Å². The van der Waals surface area contributed by atoms with Crippen LogP contribution >= 0.6 is 0 Å². The van der Waals surface area contributed by atoms with Gasteiger partial charge in [-0.3, -0.25) is 0 Å². The van der Waals surface area contributed by atoms with Crippen LogP contribution in [0.2, 0.25) is 0 Å². The lowest BCUT2D eigenvalue weighted by atomic mass is 9.71. The van der Waals surface area contributed by atoms with E-state index in [9.17, 15) is 5.26 Å². The van der Waals surface area contributed by atoms with E-state index in [1.807, 2.05) is 0 Å². The van der Waals surface area contributed by atoms with Crippen LogP contribution in [0.25, 0.3) is 0 Å². The highest BCUT2D eigenvalue weighted by molar-refractivity contribution is 5.46. The molecule has 2 rings (SSSR count). The zero-order valence-corrected chi connectivity index (χ0v) is 10.9. The first-order chi connectivity index (χ1) is 8.09. The molecule has 1 saturated heterocycles. The summed E-state index contributed by atoms with van der Waals surface area (Å²) in [7, 11) is 0. The normalized spacial score (nSPS) is 18.7. The van der Waals surface area contributed by atoms with E-state index in [0.717, 1.165) is 25.9 Å². The Hall–Kier alpha value is -1.33. The number of nitrogens with zero attached hydrogens (tertiary/aromatic N) is 1. The van der Waals surface area contributed by atoms with Crippen molar-refractivity contribution >= 4 is 0 Å². The zero-order valence-electron chi connectivity index (χ0n) is 10.9. The van der Waals surface area contributed by atoms with Gasteiger partial charge in [-0.1, -0.05) is 17.7 Å². The molecule has 0 aromatic heterocycles. The fourth-order valence-electron chi connectivity index (χ4n) is 3.21. The van der Waals surface area contributed by atoms with E-state index in [4.69, 9.17) is 0 Å². The standard InChI is InChI=1S/C15H20N2/c1-11-8-12(2)14(13(3)9-11)15(10-16)4-6-17-7-5-15/h8-9,17H,4-7H2,1-3H3. The van der Waals surface area contributed by atoms with Crippen LogP contribution in [-0.2, 0) is 5.41 Å². The minimum atomic E-state index is -0.271. The van der Waals surface area contributed by atoms with Gasteiger partial charge in [0.2, 0.25) is 0 Å². The highest BCUT2D eigenvalue weighted by atomic mass is 14.9. The smallest absolute Gasteiger partial charge is 0.0851 e. The highest BCUT2D eigenvalue weighted by Gasteiger charge is 2.36. The van der Waals surface area contributed by atoms with Crippen LogP contribution in [-0.4, -0.2) is 13.1 Å². The molecule has 1 N–H and O–H groups in total. The molecule has 0 amide bonds. The number of piperidine rings is 1. The number of nitriles is 1. The second kappa shape index (κ2) is 4.50. The van der Waals surface area contributed by atoms with Gasteiger partial charge >= 0.3 is 0 Å². The summed E-state index contributed by atoms with van der Waals surface area (Å²) in [6.45, 7) is 8.28. The van der Waals surface area contributed by atoms with Gasteiger partial charge in [-0.15, -0.1) is 0 Å². The molecule has 2 nitrogen and oxygen atoms in total. The first-order valence-electron chi connectivity index (χ1n) is 6.29. The summed E-state index contributed by atoms with van der Waals surface area (Å²) in [4.78, 5) is 0. The highest BCUT2D eigenvalue weighted by Crippen LogP contribution is 2.37. The summed E-state index contributed by atoms with van der Waals surface area (Å²) in [5.41, 5.74) is 4.82. The predicted molar refractivity (Wildman–Crippen MR) is 70.0 cm³/mol. The van der Waals surface area contributed by atoms with E-state index in [1.165, 1.54) is 22.3 Å². The van der Waals surface area contributed by atoms with Gasteiger partial charge < -0.3 is 5.32 Å². The third-order valence-corrected chi connectivity index (χ3v) is 3.83. The third-order valence-electron chi connectivity index (χ3n) is 3.83. The van der Waals surface area contributed by atoms with E-state index >= 15 is 0 Å². The van der Waals surface area contributed by atoms with Crippen molar-refractivity contribution in [2.75, 3.05) is 13.1 Å². The van der Waals surface area contributed by atoms with Crippen molar-refractivity contribution in [2.45, 2.75) is 39.0 Å². The maximum Gasteiger partial charge on any atom is 0.0851 e. The van der Waals surface area contributed by atoms with Gasteiger partial charge in [0, 0.05) is 0 Å². The maximum atomic E-state index is 9.64. The summed E-state index contributed by atoms with van der Waals surface area (Å²) in [6.07, 6.45) is 1.85. The molecule has 0 aliphatic carbocycles. The van der Waals surface area contributed by atoms with Crippen LogP contribution in [0.1, 0.15) is 35.1 Å². The van der Waals surface area contributed by atoms with Gasteiger partial charge in [0.05, 0.1) is 11.5 Å². The molecule has 1 heterocycles. The molecular weight excluding hydrogens is 208 g/mol. The Bertz CT molecular complexity index is 439. The van der Waals surface area contributed by atoms with Crippen molar-refractivity contribution in [2.24, 2.45) is 0 Å². The molecule has 0 spiro atoms. The topological polar surface area (TPSA) is 35.8 Å². The van der Waals surface area contributed by atoms with Crippen LogP contribution in [0, 0.1) is 32.1 Å². The molecule has 0 unspecified atom stereocenters. The zero-order chi connectivity index (χ0) is 12.5. The number of nitrogens with one attached hydrogen (secondary N) is 1. The Morgan fingerprint density at radius 3 is 2.12 bits per heavy atom. The molecule has 1 fully saturated rings. The molecule has 1 aliphatic heterocycles. The second-order valence-electron chi connectivity index (χ2n) is 5.22. The number of hydrogen-bond acceptors (Lipinski definition) is 2. The Morgan fingerprint density at radius 2 is 1.65 bits per heavy atom. The van der Waals surface area contributed by atoms with Gasteiger partial charge in [-0.25, -0.2) is 0 Å². The lowest BCUT2D eigenvalue weighted by Gasteiger charge is -2.34. The SMILES string of the molecule is Cc1cc(C)c(C2(C#N)CCNCC2)c(C)c1. The number of aryl methyl sites for hydroxylation is 3. The van der Waals surface area contributed by atoms with Crippen molar-refractivity contribution in [3.05, 3.63) is 34.4 Å². The third kappa shape index (κ3) is 2.08. The van der Waals surface area contributed by atoms with Crippen molar-refractivity contribution in [1.82, 2.24) is 5.32 Å². The van der Waals surface area contributed by atoms with Crippen LogP contribution in [0.4, 0.5) is 0 Å². The van der Waals surface area contributed by atoms with Crippen LogP contribution in [0.15, 0.2) is 12.1 Å². The Labute approximate surface area is 104 Å². The van der Waals surface area contributed by atoms with Gasteiger partial charge in [0.1, 0.15) is 0 Å². The molecule has 1 aromatic rings. The molecule has 0 bridgehead atoms. The summed E-state index contributed by atoms with van der Waals surface area (Å²) >= 11 is 0. The summed E-state index contributed by atoms with van der Waals surface area (Å²) in [5.74, 6) is 0. The Kier molecular flexibility index (Phi) is 3.22. The Morgan fingerprint density at radius 1 is 1.12 bits per heavy atom. The van der Waals surface area contributed by atoms with E-state index in [-0.39, 0.29) is 5.41 Å². The van der Waals surface area contributed by atoms with Crippen molar-refractivity contribution in [3.8, 4) is 6.07 Å². The molecule has 17 heavy (non-hydrogen) atoms. The lowest BCUT2D eigenvalue weighted by molar-refractivity contribution is 0.380. The lowest BCUT2D eigenvalue weighted by Crippen LogP contribution is -2.39. The summed E-state index contributed by atoms with van der Waals surface area (Å²) < 4.78 is 0. The fraction of sp³-hybridized carbons (Fsp3) is 0.533. The first-order valence-corrected chi connectivity index (χ1v) is 6.29. The summed E-state index contributed by atoms with van der Waals surface area (Å²) in [6, 6.07) is 6.99. The first kappa shape index (κ1) is 12.1. The van der Waals surface area contributed by atoms with Crippen molar-refractivity contribution < 1.29 is 0 Å². The molecule has 1 aromatic carbocycles. The Balaban J connectivity index is 2.55. The van der Waals surface area contributed by atoms with Gasteiger partial charge in [0.25, 0.3) is 0 Å². The van der Waals surface area contributed by atoms with Crippen LogP contribution in [0.5, 0.6) is 0 Å². The molecular formula is C15H20N2. The van der Waals surface area contributed by atoms with Gasteiger partial charge in [-0.2, -0.15) is 5.26 Å². The van der Waals surface area contributed by atoms with Crippen LogP contribution in [0.3, 0.4) is 0 Å². The van der Waals surface area contributed by atoms with Crippen molar-refractivity contribution in [1.29, 1.82) is 5.26 Å². The van der Waals surface area contributed by atoms with E-state index in [1.54, 1.807) is 0 Å². The average molecular weight is 228 g/mol. The molecule has 0 saturated carbocycles. The number of rotatable bonds is 1. The quantitative estimate of drug-likeness (QED) is 0.802. The molecule has 2 heteroatoms. The minimum Gasteiger partial charge on any atom is -0.317 e. The van der Waals surface area contributed by atoms with Crippen molar-refractivity contribution in [3.63, 3.8) is 0 Å². The van der Waals surface area contributed by atoms with E-state index in [2.05, 4.69) is 44.3 Å². The second-order valence-corrected chi connectivity index (χ2v) is 5.22. The van der Waals surface area contributed by atoms with Gasteiger partial charge in [-0.05, 0) is 63.4 Å². The molecule has 1 aliphatic rings. The number of benzene rings is 1. The van der Waals surface area contributed by atoms with E-state index in [0.29, 0.717) is 0 Å². The monoisotopic (exact) mass is 228 g/mol. The van der Waals surface area contributed by atoms with Gasteiger partial charge in [0.15, 0.2) is 0 Å². The largest absolute Gasteiger partial charge is 0.317 e. The predicted octanol–water partition coefficient (Wildman–Crippen LogP) is 2.76. The summed E-state index contributed by atoms with van der Waals surface area (Å²) in [5, 5.41) is 13.0. The molecule has 90 valence electrons. The van der Waals surface area contributed by atoms with Crippen LogP contribution < -0.4 is 5.32 Å². The molecule has 0 radical (unpaired) electrons. The average Bonchev–Trinajstić information content (AvgIpc) is 2.28.